The number of nitrogens with zero attached hydrogens (tertiary/aromatic N) is 1. The van der Waals surface area contributed by atoms with Crippen molar-refractivity contribution in [2.24, 2.45) is 0 Å². The van der Waals surface area contributed by atoms with E-state index >= 15 is 0 Å². The van der Waals surface area contributed by atoms with Crippen LogP contribution in [0, 0.1) is 0 Å². The van der Waals surface area contributed by atoms with Crippen LogP contribution >= 0.6 is 7.60 Å². The summed E-state index contributed by atoms with van der Waals surface area (Å²) < 4.78 is 34.1. The highest BCUT2D eigenvalue weighted by Gasteiger charge is 2.48. The molecule has 0 unspecified atom stereocenters. The summed E-state index contributed by atoms with van der Waals surface area (Å²) in [7, 11) is 1.24. The third kappa shape index (κ3) is 5.00. The van der Waals surface area contributed by atoms with Gasteiger partial charge in [-0.2, -0.15) is 5.06 Å². The van der Waals surface area contributed by atoms with E-state index in [1.807, 2.05) is 0 Å². The highest BCUT2D eigenvalue weighted by molar-refractivity contribution is 7.54. The zero-order valence-electron chi connectivity index (χ0n) is 16.3. The van der Waals surface area contributed by atoms with E-state index in [0.29, 0.717) is 17.2 Å². The molecule has 1 N–H and O–H groups in total. The Morgan fingerprint density at radius 3 is 2.41 bits per heavy atom. The van der Waals surface area contributed by atoms with Crippen molar-refractivity contribution in [3.05, 3.63) is 18.2 Å². The fraction of sp³-hybridized carbons (Fsp3) is 0.588. The van der Waals surface area contributed by atoms with Crippen molar-refractivity contribution in [3.63, 3.8) is 0 Å². The Morgan fingerprint density at radius 2 is 1.85 bits per heavy atom. The van der Waals surface area contributed by atoms with Crippen LogP contribution in [0.15, 0.2) is 18.2 Å². The van der Waals surface area contributed by atoms with Crippen LogP contribution < -0.4 is 14.8 Å². The van der Waals surface area contributed by atoms with E-state index in [-0.39, 0.29) is 25.5 Å². The van der Waals surface area contributed by atoms with Crippen molar-refractivity contribution < 1.29 is 32.7 Å². The molecular weight excluding hydrogens is 375 g/mol. The molecule has 1 aliphatic heterocycles. The molecule has 1 aromatic rings. The smallest absolute Gasteiger partial charge is 0.350 e. The monoisotopic (exact) mass is 402 g/mol. The number of benzene rings is 1. The Hall–Kier alpha value is -1.64. The number of anilines is 1. The third-order valence-corrected chi connectivity index (χ3v) is 6.57. The standard InChI is InChI=1S/C17H27N2O7P/c1-6-24-27(21,25-7-2)16-11-15(26-19(16)3)17(20)18-12-8-9-13(22-4)14(10-12)23-5/h8-10,15-16H,6-7,11H2,1-5H3,(H,18,20)/t15-,16+/m1/s1. The van der Waals surface area contributed by atoms with E-state index in [2.05, 4.69) is 5.32 Å². The lowest BCUT2D eigenvalue weighted by Gasteiger charge is -2.25. The van der Waals surface area contributed by atoms with E-state index in [1.54, 1.807) is 39.1 Å². The lowest BCUT2D eigenvalue weighted by atomic mass is 10.2. The predicted octanol–water partition coefficient (Wildman–Crippen LogP) is 2.87. The van der Waals surface area contributed by atoms with Crippen molar-refractivity contribution >= 4 is 19.2 Å². The molecule has 152 valence electrons. The highest BCUT2D eigenvalue weighted by Crippen LogP contribution is 2.57. The minimum absolute atomic E-state index is 0.187. The SMILES string of the molecule is CCOP(=O)(OCC)[C@H]1C[C@H](C(=O)Nc2ccc(OC)c(OC)c2)ON1C. The van der Waals surface area contributed by atoms with Gasteiger partial charge in [0, 0.05) is 25.2 Å². The van der Waals surface area contributed by atoms with Crippen LogP contribution in [0.4, 0.5) is 5.69 Å². The van der Waals surface area contributed by atoms with E-state index in [4.69, 9.17) is 23.4 Å². The minimum Gasteiger partial charge on any atom is -0.493 e. The second-order valence-corrected chi connectivity index (χ2v) is 7.98. The predicted molar refractivity (Wildman–Crippen MR) is 100 cm³/mol. The number of nitrogens with one attached hydrogen (secondary N) is 1. The molecule has 2 rings (SSSR count). The molecule has 1 heterocycles. The number of hydrogen-bond acceptors (Lipinski definition) is 8. The fourth-order valence-corrected chi connectivity index (χ4v) is 4.88. The van der Waals surface area contributed by atoms with Crippen LogP contribution in [-0.2, 0) is 23.2 Å². The molecule has 2 atom stereocenters. The average molecular weight is 402 g/mol. The first-order valence-corrected chi connectivity index (χ1v) is 10.3. The quantitative estimate of drug-likeness (QED) is 0.630. The lowest BCUT2D eigenvalue weighted by molar-refractivity contribution is -0.155. The maximum atomic E-state index is 13.0. The topological polar surface area (TPSA) is 95.6 Å². The Bertz CT molecular complexity index is 690. The first-order chi connectivity index (χ1) is 12.9. The fourth-order valence-electron chi connectivity index (χ4n) is 2.84. The van der Waals surface area contributed by atoms with E-state index in [0.717, 1.165) is 0 Å². The van der Waals surface area contributed by atoms with Gasteiger partial charge in [-0.15, -0.1) is 0 Å². The molecule has 0 bridgehead atoms. The van der Waals surface area contributed by atoms with Gasteiger partial charge in [0.15, 0.2) is 17.6 Å². The van der Waals surface area contributed by atoms with Crippen molar-refractivity contribution in [3.8, 4) is 11.5 Å². The van der Waals surface area contributed by atoms with Crippen molar-refractivity contribution in [2.75, 3.05) is 39.8 Å². The van der Waals surface area contributed by atoms with Crippen LogP contribution in [0.2, 0.25) is 0 Å². The summed E-state index contributed by atoms with van der Waals surface area (Å²) in [6, 6.07) is 5.04. The molecule has 0 saturated carbocycles. The highest BCUT2D eigenvalue weighted by atomic mass is 31.2. The van der Waals surface area contributed by atoms with Crippen LogP contribution in [0.25, 0.3) is 0 Å². The molecule has 1 saturated heterocycles. The number of amides is 1. The summed E-state index contributed by atoms with van der Waals surface area (Å²) >= 11 is 0. The number of hydroxylamine groups is 2. The molecule has 0 aromatic heterocycles. The molecule has 0 aliphatic carbocycles. The normalized spacial score (nSPS) is 20.5. The summed E-state index contributed by atoms with van der Waals surface area (Å²) in [6.07, 6.45) is -0.630. The van der Waals surface area contributed by atoms with Gasteiger partial charge in [0.25, 0.3) is 5.91 Å². The van der Waals surface area contributed by atoms with E-state index in [1.165, 1.54) is 19.3 Å². The minimum atomic E-state index is -3.42. The lowest BCUT2D eigenvalue weighted by Crippen LogP contribution is -2.28. The summed E-state index contributed by atoms with van der Waals surface area (Å²) in [6.45, 7) is 3.96. The van der Waals surface area contributed by atoms with Gasteiger partial charge in [0.05, 0.1) is 27.4 Å². The van der Waals surface area contributed by atoms with Gasteiger partial charge in [-0.1, -0.05) is 0 Å². The second kappa shape index (κ2) is 9.52. The van der Waals surface area contributed by atoms with Gasteiger partial charge in [0.2, 0.25) is 0 Å². The Balaban J connectivity index is 2.09. The van der Waals surface area contributed by atoms with Crippen LogP contribution in [0.3, 0.4) is 0 Å². The molecule has 1 amide bonds. The van der Waals surface area contributed by atoms with Gasteiger partial charge < -0.3 is 23.8 Å². The van der Waals surface area contributed by atoms with Crippen LogP contribution in [0.1, 0.15) is 20.3 Å². The molecule has 10 heteroatoms. The average Bonchev–Trinajstić information content (AvgIpc) is 3.04. The van der Waals surface area contributed by atoms with Crippen LogP contribution in [0.5, 0.6) is 11.5 Å². The largest absolute Gasteiger partial charge is 0.493 e. The number of carbonyl (C=O) groups is 1. The number of hydrogen-bond donors (Lipinski definition) is 1. The Labute approximate surface area is 159 Å². The van der Waals surface area contributed by atoms with Gasteiger partial charge in [-0.05, 0) is 26.0 Å². The Morgan fingerprint density at radius 1 is 1.22 bits per heavy atom. The molecule has 0 radical (unpaired) electrons. The number of ether oxygens (including phenoxy) is 2. The molecule has 9 nitrogen and oxygen atoms in total. The second-order valence-electron chi connectivity index (χ2n) is 5.79. The maximum absolute atomic E-state index is 13.0. The van der Waals surface area contributed by atoms with E-state index < -0.39 is 19.5 Å². The van der Waals surface area contributed by atoms with Crippen molar-refractivity contribution in [1.82, 2.24) is 5.06 Å². The summed E-state index contributed by atoms with van der Waals surface area (Å²) in [5.74, 6) is 0.0336. The third-order valence-electron chi connectivity index (χ3n) is 4.06. The van der Waals surface area contributed by atoms with Gasteiger partial charge in [-0.25, -0.2) is 0 Å². The summed E-state index contributed by atoms with van der Waals surface area (Å²) in [5, 5.41) is 4.15. The first kappa shape index (κ1) is 21.7. The van der Waals surface area contributed by atoms with Gasteiger partial charge in [-0.3, -0.25) is 14.2 Å². The zero-order valence-corrected chi connectivity index (χ0v) is 17.2. The maximum Gasteiger partial charge on any atom is 0.350 e. The molecule has 0 spiro atoms. The molecular formula is C17H27N2O7P. The van der Waals surface area contributed by atoms with Crippen molar-refractivity contribution in [1.29, 1.82) is 0 Å². The Kier molecular flexibility index (Phi) is 7.64. The molecule has 1 aromatic carbocycles. The number of methoxy groups -OCH3 is 2. The number of carbonyl (C=O) groups excluding carboxylic acids is 1. The molecule has 27 heavy (non-hydrogen) atoms. The molecule has 1 aliphatic rings. The molecule has 1 fully saturated rings. The summed E-state index contributed by atoms with van der Waals surface area (Å²) in [4.78, 5) is 18.2. The summed E-state index contributed by atoms with van der Waals surface area (Å²) in [5.41, 5.74) is 0.533. The van der Waals surface area contributed by atoms with Gasteiger partial charge >= 0.3 is 7.60 Å². The zero-order chi connectivity index (χ0) is 20.0. The number of rotatable bonds is 9. The van der Waals surface area contributed by atoms with E-state index in [9.17, 15) is 9.36 Å². The van der Waals surface area contributed by atoms with Gasteiger partial charge in [0.1, 0.15) is 5.78 Å². The van der Waals surface area contributed by atoms with Crippen molar-refractivity contribution in [2.45, 2.75) is 32.2 Å². The first-order valence-electron chi connectivity index (χ1n) is 8.69. The van der Waals surface area contributed by atoms with Crippen LogP contribution in [-0.4, -0.2) is 57.3 Å².